The van der Waals surface area contributed by atoms with E-state index in [-0.39, 0.29) is 5.91 Å². The highest BCUT2D eigenvalue weighted by atomic mass is 16.2. The number of rotatable bonds is 2. The van der Waals surface area contributed by atoms with Crippen LogP contribution in [-0.4, -0.2) is 28.9 Å². The standard InChI is InChI=1S/C15H23N3O/c1-10-4-6-13(7-5-10)18(3)15(19)12-8-11(2)17-14(16)9-12/h8-10,13H,4-7H2,1-3H3,(H2,16,17). The molecule has 104 valence electrons. The fourth-order valence-electron chi connectivity index (χ4n) is 2.82. The molecule has 4 nitrogen and oxygen atoms in total. The Morgan fingerprint density at radius 2 is 1.95 bits per heavy atom. The third kappa shape index (κ3) is 3.25. The highest BCUT2D eigenvalue weighted by molar-refractivity contribution is 5.95. The number of hydrogen-bond donors (Lipinski definition) is 1. The molecule has 2 rings (SSSR count). The maximum absolute atomic E-state index is 12.5. The third-order valence-corrected chi connectivity index (χ3v) is 4.07. The van der Waals surface area contributed by atoms with Crippen LogP contribution >= 0.6 is 0 Å². The van der Waals surface area contributed by atoms with E-state index in [0.29, 0.717) is 17.4 Å². The fourth-order valence-corrected chi connectivity index (χ4v) is 2.82. The van der Waals surface area contributed by atoms with Crippen LogP contribution in [0.1, 0.15) is 48.7 Å². The summed E-state index contributed by atoms with van der Waals surface area (Å²) in [7, 11) is 1.90. The predicted octanol–water partition coefficient (Wildman–Crippen LogP) is 2.62. The summed E-state index contributed by atoms with van der Waals surface area (Å²) in [6.45, 7) is 4.14. The average molecular weight is 261 g/mol. The second-order valence-electron chi connectivity index (χ2n) is 5.75. The van der Waals surface area contributed by atoms with Crippen molar-refractivity contribution in [3.8, 4) is 0 Å². The van der Waals surface area contributed by atoms with Crippen LogP contribution in [-0.2, 0) is 0 Å². The highest BCUT2D eigenvalue weighted by Gasteiger charge is 2.25. The Bertz CT molecular complexity index is 444. The highest BCUT2D eigenvalue weighted by Crippen LogP contribution is 2.27. The summed E-state index contributed by atoms with van der Waals surface area (Å²) in [6.07, 6.45) is 4.62. The Kier molecular flexibility index (Phi) is 4.08. The van der Waals surface area contributed by atoms with Gasteiger partial charge in [0.15, 0.2) is 0 Å². The summed E-state index contributed by atoms with van der Waals surface area (Å²) in [4.78, 5) is 18.5. The molecule has 1 fully saturated rings. The number of pyridine rings is 1. The molecule has 0 atom stereocenters. The molecule has 0 aromatic carbocycles. The Morgan fingerprint density at radius 3 is 2.53 bits per heavy atom. The number of nitrogens with zero attached hydrogens (tertiary/aromatic N) is 2. The molecule has 1 heterocycles. The van der Waals surface area contributed by atoms with Crippen molar-refractivity contribution in [2.24, 2.45) is 5.92 Å². The van der Waals surface area contributed by atoms with E-state index in [4.69, 9.17) is 5.73 Å². The number of carbonyl (C=O) groups is 1. The summed E-state index contributed by atoms with van der Waals surface area (Å²) in [6, 6.07) is 3.83. The molecular weight excluding hydrogens is 238 g/mol. The Labute approximate surface area is 115 Å². The molecule has 0 aliphatic heterocycles. The second kappa shape index (κ2) is 5.59. The second-order valence-corrected chi connectivity index (χ2v) is 5.75. The SMILES string of the molecule is Cc1cc(C(=O)N(C)C2CCC(C)CC2)cc(N)n1. The molecule has 1 aromatic heterocycles. The van der Waals surface area contributed by atoms with Gasteiger partial charge in [-0.2, -0.15) is 0 Å². The molecule has 2 N–H and O–H groups in total. The predicted molar refractivity (Wildman–Crippen MR) is 76.9 cm³/mol. The zero-order valence-electron chi connectivity index (χ0n) is 12.0. The van der Waals surface area contributed by atoms with Crippen molar-refractivity contribution >= 4 is 11.7 Å². The smallest absolute Gasteiger partial charge is 0.254 e. The number of aryl methyl sites for hydroxylation is 1. The van der Waals surface area contributed by atoms with Crippen LogP contribution in [0, 0.1) is 12.8 Å². The quantitative estimate of drug-likeness (QED) is 0.890. The minimum absolute atomic E-state index is 0.0525. The normalized spacial score (nSPS) is 23.1. The summed E-state index contributed by atoms with van der Waals surface area (Å²) >= 11 is 0. The first-order chi connectivity index (χ1) is 8.97. The van der Waals surface area contributed by atoms with Crippen LogP contribution in [0.25, 0.3) is 0 Å². The molecule has 1 aliphatic rings. The lowest BCUT2D eigenvalue weighted by Crippen LogP contribution is -2.39. The Hall–Kier alpha value is -1.58. The minimum Gasteiger partial charge on any atom is -0.384 e. The van der Waals surface area contributed by atoms with E-state index in [1.165, 1.54) is 12.8 Å². The number of carbonyl (C=O) groups excluding carboxylic acids is 1. The molecule has 0 unspecified atom stereocenters. The van der Waals surface area contributed by atoms with Gasteiger partial charge >= 0.3 is 0 Å². The maximum atomic E-state index is 12.5. The van der Waals surface area contributed by atoms with Crippen molar-refractivity contribution in [3.05, 3.63) is 23.4 Å². The van der Waals surface area contributed by atoms with Gasteiger partial charge in [-0.3, -0.25) is 4.79 Å². The summed E-state index contributed by atoms with van der Waals surface area (Å²) in [5.41, 5.74) is 7.14. The van der Waals surface area contributed by atoms with E-state index in [2.05, 4.69) is 11.9 Å². The molecule has 4 heteroatoms. The van der Waals surface area contributed by atoms with Crippen molar-refractivity contribution in [1.82, 2.24) is 9.88 Å². The van der Waals surface area contributed by atoms with E-state index in [1.807, 2.05) is 18.9 Å². The lowest BCUT2D eigenvalue weighted by Gasteiger charge is -2.33. The lowest BCUT2D eigenvalue weighted by atomic mass is 9.86. The van der Waals surface area contributed by atoms with Gasteiger partial charge < -0.3 is 10.6 Å². The molecule has 0 bridgehead atoms. The Balaban J connectivity index is 2.10. The third-order valence-electron chi connectivity index (χ3n) is 4.07. The molecule has 1 aliphatic carbocycles. The van der Waals surface area contributed by atoms with Gasteiger partial charge in [0.1, 0.15) is 5.82 Å². The Morgan fingerprint density at radius 1 is 1.32 bits per heavy atom. The topological polar surface area (TPSA) is 59.2 Å². The van der Waals surface area contributed by atoms with Gasteiger partial charge in [-0.05, 0) is 50.7 Å². The molecule has 1 aromatic rings. The lowest BCUT2D eigenvalue weighted by molar-refractivity contribution is 0.0679. The van der Waals surface area contributed by atoms with Crippen LogP contribution in [0.3, 0.4) is 0 Å². The van der Waals surface area contributed by atoms with Crippen LogP contribution in [0.4, 0.5) is 5.82 Å². The van der Waals surface area contributed by atoms with Crippen LogP contribution < -0.4 is 5.73 Å². The number of hydrogen-bond acceptors (Lipinski definition) is 3. The van der Waals surface area contributed by atoms with E-state index in [0.717, 1.165) is 24.5 Å². The zero-order chi connectivity index (χ0) is 14.0. The van der Waals surface area contributed by atoms with E-state index < -0.39 is 0 Å². The van der Waals surface area contributed by atoms with E-state index in [9.17, 15) is 4.79 Å². The largest absolute Gasteiger partial charge is 0.384 e. The number of anilines is 1. The molecular formula is C15H23N3O. The monoisotopic (exact) mass is 261 g/mol. The van der Waals surface area contributed by atoms with Gasteiger partial charge in [0.05, 0.1) is 0 Å². The molecule has 0 radical (unpaired) electrons. The molecule has 1 saturated carbocycles. The van der Waals surface area contributed by atoms with Crippen molar-refractivity contribution in [2.45, 2.75) is 45.6 Å². The first-order valence-corrected chi connectivity index (χ1v) is 6.98. The minimum atomic E-state index is 0.0525. The van der Waals surface area contributed by atoms with Crippen LogP contribution in [0.15, 0.2) is 12.1 Å². The summed E-state index contributed by atoms with van der Waals surface area (Å²) < 4.78 is 0. The molecule has 0 saturated heterocycles. The number of aromatic nitrogens is 1. The van der Waals surface area contributed by atoms with Gasteiger partial charge in [-0.15, -0.1) is 0 Å². The van der Waals surface area contributed by atoms with Gasteiger partial charge in [0.25, 0.3) is 5.91 Å². The average Bonchev–Trinajstić information content (AvgIpc) is 2.37. The van der Waals surface area contributed by atoms with E-state index >= 15 is 0 Å². The van der Waals surface area contributed by atoms with Crippen LogP contribution in [0.2, 0.25) is 0 Å². The first kappa shape index (κ1) is 13.8. The van der Waals surface area contributed by atoms with E-state index in [1.54, 1.807) is 12.1 Å². The van der Waals surface area contributed by atoms with Crippen molar-refractivity contribution in [2.75, 3.05) is 12.8 Å². The zero-order valence-corrected chi connectivity index (χ0v) is 12.0. The van der Waals surface area contributed by atoms with Crippen molar-refractivity contribution in [3.63, 3.8) is 0 Å². The van der Waals surface area contributed by atoms with Gasteiger partial charge in [0, 0.05) is 24.3 Å². The van der Waals surface area contributed by atoms with Crippen molar-refractivity contribution < 1.29 is 4.79 Å². The van der Waals surface area contributed by atoms with Gasteiger partial charge in [-0.1, -0.05) is 6.92 Å². The maximum Gasteiger partial charge on any atom is 0.254 e. The van der Waals surface area contributed by atoms with Gasteiger partial charge in [0.2, 0.25) is 0 Å². The molecule has 19 heavy (non-hydrogen) atoms. The number of amides is 1. The first-order valence-electron chi connectivity index (χ1n) is 6.98. The molecule has 0 spiro atoms. The number of nitrogen functional groups attached to an aromatic ring is 1. The summed E-state index contributed by atoms with van der Waals surface area (Å²) in [5, 5.41) is 0. The van der Waals surface area contributed by atoms with Crippen molar-refractivity contribution in [1.29, 1.82) is 0 Å². The fraction of sp³-hybridized carbons (Fsp3) is 0.600. The summed E-state index contributed by atoms with van der Waals surface area (Å²) in [5.74, 6) is 1.25. The van der Waals surface area contributed by atoms with Gasteiger partial charge in [-0.25, -0.2) is 4.98 Å². The number of nitrogens with two attached hydrogens (primary N) is 1. The molecule has 1 amide bonds. The van der Waals surface area contributed by atoms with Crippen LogP contribution in [0.5, 0.6) is 0 Å².